The lowest BCUT2D eigenvalue weighted by atomic mass is 10.1. The molecule has 0 rings (SSSR count). The Bertz CT molecular complexity index is 129. The fourth-order valence-corrected chi connectivity index (χ4v) is 0.558. The second-order valence-corrected chi connectivity index (χ2v) is 1.81. The second-order valence-electron chi connectivity index (χ2n) is 1.81. The van der Waals surface area contributed by atoms with Crippen LogP contribution >= 0.6 is 0 Å². The monoisotopic (exact) mass is 128 g/mol. The summed E-state index contributed by atoms with van der Waals surface area (Å²) in [4.78, 5) is 10.4. The first-order chi connectivity index (χ1) is 4.22. The van der Waals surface area contributed by atoms with E-state index in [2.05, 4.69) is 0 Å². The van der Waals surface area contributed by atoms with Crippen molar-refractivity contribution in [1.29, 1.82) is 0 Å². The summed E-state index contributed by atoms with van der Waals surface area (Å²) < 4.78 is 0. The summed E-state index contributed by atoms with van der Waals surface area (Å²) in [5.41, 5.74) is 10.6. The molecule has 0 bridgehead atoms. The molecule has 0 heterocycles. The Hall–Kier alpha value is -0.990. The van der Waals surface area contributed by atoms with Crippen LogP contribution in [-0.4, -0.2) is 5.91 Å². The maximum absolute atomic E-state index is 10.4. The van der Waals surface area contributed by atoms with Crippen molar-refractivity contribution < 1.29 is 4.79 Å². The van der Waals surface area contributed by atoms with Crippen LogP contribution in [0.3, 0.4) is 0 Å². The number of carbonyl (C=O) groups excluding carboxylic acids is 1. The third kappa shape index (κ3) is 2.74. The molecule has 0 aromatic rings. The summed E-state index contributed by atoms with van der Waals surface area (Å²) in [6, 6.07) is 0. The third-order valence-corrected chi connectivity index (χ3v) is 1.04. The van der Waals surface area contributed by atoms with Crippen molar-refractivity contribution in [1.82, 2.24) is 0 Å². The summed E-state index contributed by atoms with van der Waals surface area (Å²) >= 11 is 0. The summed E-state index contributed by atoms with van der Waals surface area (Å²) in [7, 11) is 0. The van der Waals surface area contributed by atoms with E-state index in [9.17, 15) is 4.79 Å². The minimum Gasteiger partial charge on any atom is -0.404 e. The number of primary amides is 1. The van der Waals surface area contributed by atoms with E-state index in [4.69, 9.17) is 11.5 Å². The summed E-state index contributed by atoms with van der Waals surface area (Å²) in [5, 5.41) is 0. The average Bonchev–Trinajstić information content (AvgIpc) is 1.82. The SMILES string of the molecule is CCCC(=CN)C(N)=O. The molecule has 0 aliphatic heterocycles. The normalized spacial score (nSPS) is 11.4. The van der Waals surface area contributed by atoms with Gasteiger partial charge in [-0.15, -0.1) is 0 Å². The smallest absolute Gasteiger partial charge is 0.246 e. The van der Waals surface area contributed by atoms with Gasteiger partial charge in [0.15, 0.2) is 0 Å². The zero-order chi connectivity index (χ0) is 7.28. The van der Waals surface area contributed by atoms with Crippen molar-refractivity contribution in [2.24, 2.45) is 11.5 Å². The van der Waals surface area contributed by atoms with Gasteiger partial charge in [0, 0.05) is 11.8 Å². The zero-order valence-electron chi connectivity index (χ0n) is 5.55. The lowest BCUT2D eigenvalue weighted by molar-refractivity contribution is -0.114. The maximum Gasteiger partial charge on any atom is 0.246 e. The van der Waals surface area contributed by atoms with Gasteiger partial charge in [-0.25, -0.2) is 0 Å². The number of carbonyl (C=O) groups is 1. The molecule has 3 nitrogen and oxygen atoms in total. The van der Waals surface area contributed by atoms with Gasteiger partial charge in [0.25, 0.3) is 0 Å². The summed E-state index contributed by atoms with van der Waals surface area (Å²) in [6.45, 7) is 1.96. The molecule has 0 saturated carbocycles. The highest BCUT2D eigenvalue weighted by atomic mass is 16.1. The number of nitrogens with two attached hydrogens (primary N) is 2. The van der Waals surface area contributed by atoms with Gasteiger partial charge >= 0.3 is 0 Å². The van der Waals surface area contributed by atoms with Crippen molar-refractivity contribution in [2.45, 2.75) is 19.8 Å². The van der Waals surface area contributed by atoms with E-state index in [1.807, 2.05) is 6.92 Å². The molecular formula is C6H12N2O. The van der Waals surface area contributed by atoms with Gasteiger partial charge in [-0.3, -0.25) is 4.79 Å². The van der Waals surface area contributed by atoms with Crippen LogP contribution in [0.15, 0.2) is 11.8 Å². The summed E-state index contributed by atoms with van der Waals surface area (Å²) in [5.74, 6) is -0.417. The van der Waals surface area contributed by atoms with Gasteiger partial charge in [-0.05, 0) is 6.42 Å². The van der Waals surface area contributed by atoms with Crippen LogP contribution in [0, 0.1) is 0 Å². The average molecular weight is 128 g/mol. The molecule has 0 aromatic heterocycles. The Morgan fingerprint density at radius 3 is 2.33 bits per heavy atom. The number of rotatable bonds is 3. The molecule has 0 radical (unpaired) electrons. The Morgan fingerprint density at radius 1 is 1.67 bits per heavy atom. The van der Waals surface area contributed by atoms with Gasteiger partial charge < -0.3 is 11.5 Å². The van der Waals surface area contributed by atoms with Crippen molar-refractivity contribution >= 4 is 5.91 Å². The van der Waals surface area contributed by atoms with Crippen molar-refractivity contribution in [3.63, 3.8) is 0 Å². The topological polar surface area (TPSA) is 69.1 Å². The fraction of sp³-hybridized carbons (Fsp3) is 0.500. The first-order valence-corrected chi connectivity index (χ1v) is 2.93. The Kier molecular flexibility index (Phi) is 3.51. The van der Waals surface area contributed by atoms with E-state index in [0.29, 0.717) is 12.0 Å². The second kappa shape index (κ2) is 3.95. The highest BCUT2D eigenvalue weighted by Crippen LogP contribution is 2.00. The van der Waals surface area contributed by atoms with Gasteiger partial charge in [0.1, 0.15) is 0 Å². The van der Waals surface area contributed by atoms with Crippen molar-refractivity contribution in [3.8, 4) is 0 Å². The van der Waals surface area contributed by atoms with Gasteiger partial charge in [0.05, 0.1) is 0 Å². The predicted molar refractivity (Wildman–Crippen MR) is 36.4 cm³/mol. The van der Waals surface area contributed by atoms with Crippen LogP contribution in [0.1, 0.15) is 19.8 Å². The molecular weight excluding hydrogens is 116 g/mol. The van der Waals surface area contributed by atoms with Crippen molar-refractivity contribution in [3.05, 3.63) is 11.8 Å². The zero-order valence-corrected chi connectivity index (χ0v) is 5.55. The van der Waals surface area contributed by atoms with E-state index < -0.39 is 5.91 Å². The Morgan fingerprint density at radius 2 is 2.22 bits per heavy atom. The molecule has 3 heteroatoms. The highest BCUT2D eigenvalue weighted by molar-refractivity contribution is 5.91. The fourth-order valence-electron chi connectivity index (χ4n) is 0.558. The minimum atomic E-state index is -0.417. The largest absolute Gasteiger partial charge is 0.404 e. The molecule has 0 spiro atoms. The Balaban J connectivity index is 3.85. The molecule has 0 saturated heterocycles. The van der Waals surface area contributed by atoms with Gasteiger partial charge in [0.2, 0.25) is 5.91 Å². The standard InChI is InChI=1S/C6H12N2O/c1-2-3-5(4-7)6(8)9/h4H,2-3,7H2,1H3,(H2,8,9). The maximum atomic E-state index is 10.4. The summed E-state index contributed by atoms with van der Waals surface area (Å²) in [6.07, 6.45) is 2.84. The molecule has 0 aliphatic carbocycles. The molecule has 0 aromatic carbocycles. The molecule has 52 valence electrons. The van der Waals surface area contributed by atoms with Crippen LogP contribution in [0.2, 0.25) is 0 Å². The Labute approximate surface area is 54.7 Å². The first-order valence-electron chi connectivity index (χ1n) is 2.93. The number of amides is 1. The highest BCUT2D eigenvalue weighted by Gasteiger charge is 1.99. The quantitative estimate of drug-likeness (QED) is 0.530. The number of hydrogen-bond acceptors (Lipinski definition) is 2. The molecule has 4 N–H and O–H groups in total. The third-order valence-electron chi connectivity index (χ3n) is 1.04. The molecule has 0 aliphatic rings. The van der Waals surface area contributed by atoms with Crippen LogP contribution in [0.5, 0.6) is 0 Å². The van der Waals surface area contributed by atoms with E-state index in [-0.39, 0.29) is 0 Å². The van der Waals surface area contributed by atoms with Gasteiger partial charge in [-0.2, -0.15) is 0 Å². The molecule has 0 atom stereocenters. The van der Waals surface area contributed by atoms with E-state index >= 15 is 0 Å². The minimum absolute atomic E-state index is 0.417. The lowest BCUT2D eigenvalue weighted by Gasteiger charge is -1.96. The molecule has 0 fully saturated rings. The van der Waals surface area contributed by atoms with Crippen LogP contribution in [0.4, 0.5) is 0 Å². The van der Waals surface area contributed by atoms with Gasteiger partial charge in [-0.1, -0.05) is 13.3 Å². The molecule has 9 heavy (non-hydrogen) atoms. The predicted octanol–water partition coefficient (Wildman–Crippen LogP) is 0.114. The van der Waals surface area contributed by atoms with Crippen LogP contribution in [0.25, 0.3) is 0 Å². The van der Waals surface area contributed by atoms with Crippen molar-refractivity contribution in [2.75, 3.05) is 0 Å². The van der Waals surface area contributed by atoms with E-state index in [0.717, 1.165) is 6.42 Å². The first kappa shape index (κ1) is 8.01. The molecule has 0 unspecified atom stereocenters. The van der Waals surface area contributed by atoms with Crippen LogP contribution < -0.4 is 11.5 Å². The van der Waals surface area contributed by atoms with Crippen LogP contribution in [-0.2, 0) is 4.79 Å². The van der Waals surface area contributed by atoms with E-state index in [1.54, 1.807) is 0 Å². The lowest BCUT2D eigenvalue weighted by Crippen LogP contribution is -2.14. The number of hydrogen-bond donors (Lipinski definition) is 2. The van der Waals surface area contributed by atoms with E-state index in [1.165, 1.54) is 6.20 Å². The molecule has 1 amide bonds.